The fourth-order valence-corrected chi connectivity index (χ4v) is 10.9. The van der Waals surface area contributed by atoms with Crippen LogP contribution in [0.3, 0.4) is 0 Å². The molecule has 6 atom stereocenters. The van der Waals surface area contributed by atoms with E-state index in [1.54, 1.807) is 0 Å². The smallest absolute Gasteiger partial charge is 1.00 e. The molecule has 0 rings (SSSR count). The van der Waals surface area contributed by atoms with Crippen molar-refractivity contribution in [1.82, 2.24) is 21.3 Å². The van der Waals surface area contributed by atoms with Gasteiger partial charge in [0, 0.05) is 39.1 Å². The molecular formula is C61H124N4Na2O16P2. The van der Waals surface area contributed by atoms with E-state index in [9.17, 15) is 48.3 Å². The Morgan fingerprint density at radius 1 is 0.376 bits per heavy atom. The van der Waals surface area contributed by atoms with Gasteiger partial charge in [-0.25, -0.2) is 9.13 Å². The van der Waals surface area contributed by atoms with Crippen LogP contribution in [0.4, 0.5) is 0 Å². The molecule has 0 heterocycles. The largest absolute Gasteiger partial charge is 1.00 e. The van der Waals surface area contributed by atoms with Crippen LogP contribution in [0, 0.1) is 0 Å². The Kier molecular flexibility index (Phi) is 67.2. The second-order valence-electron chi connectivity index (χ2n) is 22.6. The molecule has 0 saturated carbocycles. The van der Waals surface area contributed by atoms with Crippen molar-refractivity contribution in [3.8, 4) is 0 Å². The van der Waals surface area contributed by atoms with Crippen molar-refractivity contribution >= 4 is 39.3 Å². The average Bonchev–Trinajstić information content (AvgIpc) is 3.67. The van der Waals surface area contributed by atoms with Crippen LogP contribution < -0.4 is 80.4 Å². The van der Waals surface area contributed by atoms with Gasteiger partial charge in [-0.15, -0.1) is 0 Å². The van der Waals surface area contributed by atoms with Gasteiger partial charge in [0.1, 0.15) is 6.42 Å². The number of ether oxygens (including phenoxy) is 2. The molecule has 0 bridgehead atoms. The SMILES string of the molecule is CCCCCCCCCCCCCC(=O)N[C@H](COCC[C@H](O)CCCCCCC)COP(=O)(O)OCCNC(=O)CC(=O)NCCOP(=O)(O)OC[C@@H](COCC[C@H](O)CCCCCCC)NC(=O)CCCCCCCCCCCCC.[H-].[H-].[Na+].[Na+]. The van der Waals surface area contributed by atoms with Gasteiger partial charge in [-0.3, -0.25) is 37.3 Å². The molecule has 8 N–H and O–H groups in total. The number of nitrogens with one attached hydrogen (secondary N) is 4. The summed E-state index contributed by atoms with van der Waals surface area (Å²) in [5, 5.41) is 31.3. The molecule has 0 aliphatic rings. The number of phosphoric ester groups is 2. The predicted molar refractivity (Wildman–Crippen MR) is 332 cm³/mol. The minimum absolute atomic E-state index is 0. The Bertz CT molecular complexity index is 1550. The number of carbonyl (C=O) groups excluding carboxylic acids is 4. The first-order chi connectivity index (χ1) is 40.1. The summed E-state index contributed by atoms with van der Waals surface area (Å²) in [4.78, 5) is 71.6. The number of hydrogen-bond acceptors (Lipinski definition) is 14. The Morgan fingerprint density at radius 2 is 0.659 bits per heavy atom. The van der Waals surface area contributed by atoms with Crippen molar-refractivity contribution in [3.63, 3.8) is 0 Å². The monoisotopic (exact) mass is 1280 g/mol. The van der Waals surface area contributed by atoms with Gasteiger partial charge in [-0.05, 0) is 38.5 Å². The maximum absolute atomic E-state index is 12.9. The van der Waals surface area contributed by atoms with Crippen molar-refractivity contribution in [1.29, 1.82) is 0 Å². The molecule has 0 aliphatic heterocycles. The molecule has 2 unspecified atom stereocenters. The molecule has 24 heteroatoms. The van der Waals surface area contributed by atoms with Crippen molar-refractivity contribution in [2.45, 2.75) is 302 Å². The fraction of sp³-hybridized carbons (Fsp3) is 0.934. The van der Waals surface area contributed by atoms with E-state index >= 15 is 0 Å². The van der Waals surface area contributed by atoms with Crippen LogP contribution in [0.15, 0.2) is 0 Å². The van der Waals surface area contributed by atoms with Crippen molar-refractivity contribution in [2.24, 2.45) is 0 Å². The third-order valence-electron chi connectivity index (χ3n) is 14.4. The summed E-state index contributed by atoms with van der Waals surface area (Å²) in [5.41, 5.74) is 0. The van der Waals surface area contributed by atoms with Crippen LogP contribution in [0.2, 0.25) is 0 Å². The van der Waals surface area contributed by atoms with E-state index in [1.165, 1.54) is 103 Å². The first kappa shape index (κ1) is 89.1. The molecule has 0 saturated heterocycles. The fourth-order valence-electron chi connectivity index (χ4n) is 9.32. The third-order valence-corrected chi connectivity index (χ3v) is 16.4. The second-order valence-corrected chi connectivity index (χ2v) is 25.5. The molecule has 4 amide bonds. The predicted octanol–water partition coefficient (Wildman–Crippen LogP) is 6.74. The van der Waals surface area contributed by atoms with Crippen LogP contribution in [-0.4, -0.2) is 134 Å². The van der Waals surface area contributed by atoms with E-state index in [0.717, 1.165) is 89.9 Å². The van der Waals surface area contributed by atoms with E-state index in [1.807, 2.05) is 0 Å². The first-order valence-corrected chi connectivity index (χ1v) is 35.9. The molecule has 0 aliphatic carbocycles. The van der Waals surface area contributed by atoms with E-state index in [4.69, 9.17) is 27.6 Å². The molecular weight excluding hydrogens is 1150 g/mol. The van der Waals surface area contributed by atoms with Gasteiger partial charge in [0.2, 0.25) is 23.6 Å². The minimum Gasteiger partial charge on any atom is -1.00 e. The van der Waals surface area contributed by atoms with Gasteiger partial charge in [-0.1, -0.05) is 220 Å². The molecule has 0 aromatic rings. The van der Waals surface area contributed by atoms with Gasteiger partial charge in [0.05, 0.1) is 63.9 Å². The summed E-state index contributed by atoms with van der Waals surface area (Å²) < 4.78 is 57.7. The molecule has 85 heavy (non-hydrogen) atoms. The Morgan fingerprint density at radius 3 is 0.965 bits per heavy atom. The van der Waals surface area contributed by atoms with Crippen LogP contribution in [0.25, 0.3) is 0 Å². The number of carbonyl (C=O) groups is 4. The molecule has 0 aromatic heterocycles. The zero-order valence-corrected chi connectivity index (χ0v) is 60.3. The molecule has 0 spiro atoms. The maximum atomic E-state index is 12.9. The number of aliphatic hydroxyl groups is 2. The van der Waals surface area contributed by atoms with Gasteiger partial charge in [0.25, 0.3) is 0 Å². The van der Waals surface area contributed by atoms with Gasteiger partial charge in [-0.2, -0.15) is 0 Å². The quantitative estimate of drug-likeness (QED) is 0.0135. The van der Waals surface area contributed by atoms with Gasteiger partial charge in [0.15, 0.2) is 0 Å². The van der Waals surface area contributed by atoms with E-state index in [2.05, 4.69) is 49.0 Å². The molecule has 20 nitrogen and oxygen atoms in total. The average molecular weight is 1280 g/mol. The van der Waals surface area contributed by atoms with Crippen LogP contribution in [0.5, 0.6) is 0 Å². The van der Waals surface area contributed by atoms with Gasteiger partial charge < -0.3 is 53.6 Å². The number of hydrogen-bond donors (Lipinski definition) is 8. The topological polar surface area (TPSA) is 287 Å². The Labute approximate surface area is 562 Å². The zero-order chi connectivity index (χ0) is 61.3. The van der Waals surface area contributed by atoms with Crippen LogP contribution >= 0.6 is 15.6 Å². The number of rotatable bonds is 64. The molecule has 0 aromatic carbocycles. The Balaban J connectivity index is -0.00000560. The molecule has 0 radical (unpaired) electrons. The summed E-state index contributed by atoms with van der Waals surface area (Å²) >= 11 is 0. The first-order valence-electron chi connectivity index (χ1n) is 32.9. The normalized spacial score (nSPS) is 14.2. The summed E-state index contributed by atoms with van der Waals surface area (Å²) in [7, 11) is -9.31. The van der Waals surface area contributed by atoms with Crippen molar-refractivity contribution in [3.05, 3.63) is 0 Å². The second kappa shape index (κ2) is 64.1. The van der Waals surface area contributed by atoms with Crippen LogP contribution in [-0.2, 0) is 55.9 Å². The Hall–Kier alpha value is -0.0600. The summed E-state index contributed by atoms with van der Waals surface area (Å²) in [5.74, 6) is -1.93. The molecule has 496 valence electrons. The van der Waals surface area contributed by atoms with Gasteiger partial charge >= 0.3 is 74.8 Å². The summed E-state index contributed by atoms with van der Waals surface area (Å²) in [6.07, 6.45) is 37.3. The van der Waals surface area contributed by atoms with Crippen LogP contribution in [0.1, 0.15) is 281 Å². The van der Waals surface area contributed by atoms with E-state index < -0.39 is 84.6 Å². The minimum atomic E-state index is -4.66. The third kappa shape index (κ3) is 63.9. The van der Waals surface area contributed by atoms with E-state index in [-0.39, 0.29) is 126 Å². The molecule has 0 fully saturated rings. The summed E-state index contributed by atoms with van der Waals surface area (Å²) in [6.45, 7) is 6.99. The number of aliphatic hydroxyl groups excluding tert-OH is 2. The standard InChI is InChI=1S/C61H122N4O16P2.2Na.2H/c1-5-9-13-17-19-21-23-25-27-31-35-39-58(68)64-54(50-76-45-41-56(66)37-33-29-15-11-7-3)52-80-82(72,73)78-47-43-62-60(70)49-61(71)63-44-48-79-83(74,75)81-53-55(51-77-46-42-57(67)38-34-30-16-12-8-4)65-59(69)40-36-32-28-26-24-22-20-18-14-10-6-2;;;;/h54-57,66-67H,5-53H2,1-4H3,(H,62,70)(H,63,71)(H,64,68)(H,65,69)(H,72,73)(H,74,75);;;;/q;2*+1;2*-1/t54-,55-,56-,57-;;;;/m1..../s1. The van der Waals surface area contributed by atoms with Crippen molar-refractivity contribution in [2.75, 3.05) is 65.9 Å². The number of phosphoric acid groups is 2. The van der Waals surface area contributed by atoms with E-state index in [0.29, 0.717) is 38.5 Å². The zero-order valence-electron chi connectivity index (χ0n) is 56.5. The number of unbranched alkanes of at least 4 members (excludes halogenated alkanes) is 28. The summed E-state index contributed by atoms with van der Waals surface area (Å²) in [6, 6.07) is -1.55. The maximum Gasteiger partial charge on any atom is 1.00 e. The van der Waals surface area contributed by atoms with Crippen molar-refractivity contribution < 1.29 is 138 Å². The number of amides is 4.